The number of amides is 1. The van der Waals surface area contributed by atoms with E-state index in [1.807, 2.05) is 0 Å². The van der Waals surface area contributed by atoms with Gasteiger partial charge in [-0.15, -0.1) is 0 Å². The van der Waals surface area contributed by atoms with Crippen molar-refractivity contribution in [3.63, 3.8) is 0 Å². The first kappa shape index (κ1) is 20.7. The van der Waals surface area contributed by atoms with E-state index in [4.69, 9.17) is 9.47 Å². The van der Waals surface area contributed by atoms with Crippen LogP contribution in [0.4, 0.5) is 19.0 Å². The number of ether oxygens (including phenoxy) is 2. The Hall–Kier alpha value is -2.55. The third-order valence-electron chi connectivity index (χ3n) is 5.81. The summed E-state index contributed by atoms with van der Waals surface area (Å²) in [6, 6.07) is 4.65. The molecule has 2 heterocycles. The third kappa shape index (κ3) is 4.16. The molecule has 1 aliphatic carbocycles. The normalized spacial score (nSPS) is 20.2. The Morgan fingerprint density at radius 3 is 2.73 bits per heavy atom. The van der Waals surface area contributed by atoms with Crippen LogP contribution in [0.25, 0.3) is 0 Å². The topological polar surface area (TPSA) is 65.4 Å². The van der Waals surface area contributed by atoms with E-state index in [1.54, 1.807) is 10.7 Å². The van der Waals surface area contributed by atoms with E-state index in [1.165, 1.54) is 7.11 Å². The van der Waals surface area contributed by atoms with E-state index in [0.717, 1.165) is 49.6 Å². The van der Waals surface area contributed by atoms with Crippen molar-refractivity contribution in [1.82, 2.24) is 9.78 Å². The van der Waals surface area contributed by atoms with Crippen LogP contribution in [0.15, 0.2) is 24.3 Å². The first-order valence-electron chi connectivity index (χ1n) is 9.96. The lowest BCUT2D eigenvalue weighted by Crippen LogP contribution is -2.21. The smallest absolute Gasteiger partial charge is 0.416 e. The summed E-state index contributed by atoms with van der Waals surface area (Å²) >= 11 is 0. The zero-order valence-corrected chi connectivity index (χ0v) is 16.9. The highest BCUT2D eigenvalue weighted by atomic mass is 19.4. The Balaban J connectivity index is 1.63. The summed E-state index contributed by atoms with van der Waals surface area (Å²) in [5.41, 5.74) is -0.245. The number of benzene rings is 1. The van der Waals surface area contributed by atoms with Crippen molar-refractivity contribution in [1.29, 1.82) is 0 Å². The maximum atomic E-state index is 13.1. The van der Waals surface area contributed by atoms with Crippen molar-refractivity contribution >= 4 is 11.7 Å². The first-order valence-corrected chi connectivity index (χ1v) is 9.96. The van der Waals surface area contributed by atoms with Crippen molar-refractivity contribution in [2.75, 3.05) is 19.0 Å². The van der Waals surface area contributed by atoms with Gasteiger partial charge in [0.05, 0.1) is 36.6 Å². The van der Waals surface area contributed by atoms with Crippen LogP contribution in [0, 0.1) is 0 Å². The zero-order chi connectivity index (χ0) is 21.5. The van der Waals surface area contributed by atoms with Gasteiger partial charge in [-0.05, 0) is 43.9 Å². The van der Waals surface area contributed by atoms with Crippen LogP contribution in [0.5, 0.6) is 5.75 Å². The van der Waals surface area contributed by atoms with Gasteiger partial charge in [0.25, 0.3) is 5.91 Å². The molecule has 162 valence electrons. The molecule has 1 aromatic heterocycles. The maximum absolute atomic E-state index is 13.1. The molecule has 2 fully saturated rings. The van der Waals surface area contributed by atoms with Gasteiger partial charge in [-0.1, -0.05) is 6.92 Å². The van der Waals surface area contributed by atoms with Crippen LogP contribution in [-0.4, -0.2) is 35.5 Å². The summed E-state index contributed by atoms with van der Waals surface area (Å²) in [7, 11) is 1.31. The summed E-state index contributed by atoms with van der Waals surface area (Å²) in [6.07, 6.45) is -0.654. The summed E-state index contributed by atoms with van der Waals surface area (Å²) in [4.78, 5) is 12.9. The maximum Gasteiger partial charge on any atom is 0.416 e. The van der Waals surface area contributed by atoms with Crippen molar-refractivity contribution in [3.05, 3.63) is 41.1 Å². The number of halogens is 3. The number of nitrogens with one attached hydrogen (secondary N) is 1. The molecule has 1 aliphatic heterocycles. The fraction of sp³-hybridized carbons (Fsp3) is 0.524. The van der Waals surface area contributed by atoms with Gasteiger partial charge in [-0.3, -0.25) is 4.79 Å². The molecule has 1 saturated carbocycles. The Morgan fingerprint density at radius 2 is 2.13 bits per heavy atom. The number of rotatable bonds is 6. The number of aromatic nitrogens is 2. The Kier molecular flexibility index (Phi) is 5.25. The van der Waals surface area contributed by atoms with Crippen LogP contribution in [0.3, 0.4) is 0 Å². The minimum absolute atomic E-state index is 0.00325. The standard InChI is InChI=1S/C21H24F3N3O3/c1-20(7-8-20)17-11-18(27(26-17)12-14-4-3-9-30-14)25-19(28)15-10-13(21(22,23)24)5-6-16(15)29-2/h5-6,10-11,14H,3-4,7-9,12H2,1-2H3,(H,25,28)/t14-/m1/s1. The lowest BCUT2D eigenvalue weighted by molar-refractivity contribution is -0.137. The molecule has 1 atom stereocenters. The third-order valence-corrected chi connectivity index (χ3v) is 5.81. The van der Waals surface area contributed by atoms with Gasteiger partial charge in [0.1, 0.15) is 11.6 Å². The SMILES string of the molecule is COc1ccc(C(F)(F)F)cc1C(=O)Nc1cc(C2(C)CC2)nn1C[C@H]1CCCO1. The molecule has 2 aliphatic rings. The van der Waals surface area contributed by atoms with Gasteiger partial charge in [0.15, 0.2) is 0 Å². The summed E-state index contributed by atoms with van der Waals surface area (Å²) < 4.78 is 51.9. The number of carbonyl (C=O) groups excluding carboxylic acids is 1. The van der Waals surface area contributed by atoms with E-state index in [2.05, 4.69) is 17.3 Å². The lowest BCUT2D eigenvalue weighted by atomic mass is 10.1. The van der Waals surface area contributed by atoms with Crippen LogP contribution in [0.1, 0.15) is 54.2 Å². The molecule has 30 heavy (non-hydrogen) atoms. The molecule has 0 unspecified atom stereocenters. The fourth-order valence-corrected chi connectivity index (χ4v) is 3.62. The predicted molar refractivity (Wildman–Crippen MR) is 104 cm³/mol. The monoisotopic (exact) mass is 423 g/mol. The molecule has 9 heteroatoms. The van der Waals surface area contributed by atoms with Crippen molar-refractivity contribution < 1.29 is 27.4 Å². The van der Waals surface area contributed by atoms with Gasteiger partial charge in [-0.25, -0.2) is 4.68 Å². The van der Waals surface area contributed by atoms with E-state index in [9.17, 15) is 18.0 Å². The Bertz CT molecular complexity index is 945. The molecule has 0 radical (unpaired) electrons. The highest BCUT2D eigenvalue weighted by Crippen LogP contribution is 2.47. The molecular formula is C21H24F3N3O3. The number of carbonyl (C=O) groups is 1. The Labute approximate surface area is 172 Å². The van der Waals surface area contributed by atoms with E-state index in [0.29, 0.717) is 19.0 Å². The van der Waals surface area contributed by atoms with E-state index < -0.39 is 17.6 Å². The van der Waals surface area contributed by atoms with Gasteiger partial charge in [-0.2, -0.15) is 18.3 Å². The second kappa shape index (κ2) is 7.61. The molecule has 1 aromatic carbocycles. The zero-order valence-electron chi connectivity index (χ0n) is 16.9. The van der Waals surface area contributed by atoms with Crippen LogP contribution in [0.2, 0.25) is 0 Å². The summed E-state index contributed by atoms with van der Waals surface area (Å²) in [5.74, 6) is -0.169. The Morgan fingerprint density at radius 1 is 1.37 bits per heavy atom. The second-order valence-electron chi connectivity index (χ2n) is 8.16. The van der Waals surface area contributed by atoms with E-state index in [-0.39, 0.29) is 22.8 Å². The second-order valence-corrected chi connectivity index (χ2v) is 8.16. The van der Waals surface area contributed by atoms with Crippen LogP contribution in [-0.2, 0) is 22.9 Å². The molecule has 1 amide bonds. The molecular weight excluding hydrogens is 399 g/mol. The highest BCUT2D eigenvalue weighted by Gasteiger charge is 2.42. The lowest BCUT2D eigenvalue weighted by Gasteiger charge is -2.15. The average Bonchev–Trinajstić information content (AvgIpc) is 3.08. The van der Waals surface area contributed by atoms with Crippen LogP contribution < -0.4 is 10.1 Å². The number of nitrogens with zero attached hydrogens (tertiary/aromatic N) is 2. The molecule has 1 N–H and O–H groups in total. The number of hydrogen-bond acceptors (Lipinski definition) is 4. The minimum Gasteiger partial charge on any atom is -0.496 e. The molecule has 4 rings (SSSR count). The van der Waals surface area contributed by atoms with Crippen molar-refractivity contribution in [3.8, 4) is 5.75 Å². The molecule has 6 nitrogen and oxygen atoms in total. The van der Waals surface area contributed by atoms with E-state index >= 15 is 0 Å². The molecule has 0 spiro atoms. The summed E-state index contributed by atoms with van der Waals surface area (Å²) in [6.45, 7) is 3.28. The number of hydrogen-bond donors (Lipinski definition) is 1. The van der Waals surface area contributed by atoms with Gasteiger partial charge < -0.3 is 14.8 Å². The van der Waals surface area contributed by atoms with Crippen molar-refractivity contribution in [2.45, 2.75) is 56.8 Å². The number of anilines is 1. The molecule has 1 saturated heterocycles. The summed E-state index contributed by atoms with van der Waals surface area (Å²) in [5, 5.41) is 7.40. The fourth-order valence-electron chi connectivity index (χ4n) is 3.62. The average molecular weight is 423 g/mol. The highest BCUT2D eigenvalue weighted by molar-refractivity contribution is 6.06. The number of alkyl halides is 3. The minimum atomic E-state index is -4.56. The van der Waals surface area contributed by atoms with Crippen molar-refractivity contribution in [2.24, 2.45) is 0 Å². The van der Waals surface area contributed by atoms with Gasteiger partial charge >= 0.3 is 6.18 Å². The first-order chi connectivity index (χ1) is 14.2. The van der Waals surface area contributed by atoms with Gasteiger partial charge in [0, 0.05) is 18.1 Å². The quantitative estimate of drug-likeness (QED) is 0.748. The van der Waals surface area contributed by atoms with Crippen LogP contribution >= 0.6 is 0 Å². The molecule has 0 bridgehead atoms. The largest absolute Gasteiger partial charge is 0.496 e. The number of methoxy groups -OCH3 is 1. The predicted octanol–water partition coefficient (Wildman–Crippen LogP) is 4.39. The molecule has 2 aromatic rings. The van der Waals surface area contributed by atoms with Gasteiger partial charge in [0.2, 0.25) is 0 Å².